The average molecular weight is 699 g/mol. The summed E-state index contributed by atoms with van der Waals surface area (Å²) in [6, 6.07) is 63.8. The standard InChI is InChI=1S/C51H30N4/c1-52-36-29-30-45-42(31-36)47-38(20-12-24-46(47)51(45)43-22-9-7-18-39(43)40-19-8-10-23-44(40)51)33-25-27-35(28-26-33)49-53-48(34-14-3-2-4-15-34)54-50(55-49)41-21-11-16-32-13-5-6-17-37(32)41/h2-31H. The van der Waals surface area contributed by atoms with E-state index in [1.165, 1.54) is 38.9 Å². The van der Waals surface area contributed by atoms with Gasteiger partial charge in [-0.15, -0.1) is 0 Å². The molecule has 1 spiro atoms. The van der Waals surface area contributed by atoms with Crippen LogP contribution in [0.3, 0.4) is 0 Å². The lowest BCUT2D eigenvalue weighted by Gasteiger charge is -2.30. The van der Waals surface area contributed by atoms with Crippen molar-refractivity contribution >= 4 is 16.5 Å². The number of hydrogen-bond donors (Lipinski definition) is 0. The molecule has 0 unspecified atom stereocenters. The fourth-order valence-electron chi connectivity index (χ4n) is 9.05. The van der Waals surface area contributed by atoms with Crippen LogP contribution in [0, 0.1) is 6.57 Å². The molecule has 0 aliphatic heterocycles. The lowest BCUT2D eigenvalue weighted by atomic mass is 9.70. The Kier molecular flexibility index (Phi) is 6.80. The molecule has 0 atom stereocenters. The minimum absolute atomic E-state index is 0.481. The van der Waals surface area contributed by atoms with Crippen molar-refractivity contribution in [1.82, 2.24) is 15.0 Å². The maximum Gasteiger partial charge on any atom is 0.187 e. The molecule has 0 bridgehead atoms. The van der Waals surface area contributed by atoms with Gasteiger partial charge in [0, 0.05) is 16.7 Å². The highest BCUT2D eigenvalue weighted by Gasteiger charge is 2.52. The van der Waals surface area contributed by atoms with Gasteiger partial charge in [-0.2, -0.15) is 0 Å². The smallest absolute Gasteiger partial charge is 0.187 e. The minimum atomic E-state index is -0.481. The Labute approximate surface area is 318 Å². The maximum absolute atomic E-state index is 7.94. The molecule has 4 heteroatoms. The summed E-state index contributed by atoms with van der Waals surface area (Å²) in [7, 11) is 0. The van der Waals surface area contributed by atoms with Gasteiger partial charge in [0.25, 0.3) is 0 Å². The van der Waals surface area contributed by atoms with E-state index >= 15 is 0 Å². The van der Waals surface area contributed by atoms with Gasteiger partial charge in [-0.1, -0.05) is 176 Å². The molecular formula is C51H30N4. The molecule has 4 nitrogen and oxygen atoms in total. The highest BCUT2D eigenvalue weighted by molar-refractivity contribution is 6.01. The van der Waals surface area contributed by atoms with Gasteiger partial charge in [-0.05, 0) is 72.5 Å². The molecule has 2 aliphatic carbocycles. The zero-order chi connectivity index (χ0) is 36.5. The predicted octanol–water partition coefficient (Wildman–Crippen LogP) is 12.6. The normalized spacial score (nSPS) is 12.9. The third-order valence-corrected chi connectivity index (χ3v) is 11.4. The highest BCUT2D eigenvalue weighted by Crippen LogP contribution is 2.64. The Bertz CT molecular complexity index is 3000. The molecule has 0 fully saturated rings. The average Bonchev–Trinajstić information content (AvgIpc) is 3.73. The number of benzene rings is 8. The van der Waals surface area contributed by atoms with Crippen LogP contribution in [0.4, 0.5) is 5.69 Å². The Morgan fingerprint density at radius 1 is 0.382 bits per heavy atom. The van der Waals surface area contributed by atoms with E-state index in [2.05, 4.69) is 150 Å². The Balaban J connectivity index is 1.09. The molecule has 0 saturated heterocycles. The molecule has 0 amide bonds. The van der Waals surface area contributed by atoms with Crippen LogP contribution < -0.4 is 0 Å². The third kappa shape index (κ3) is 4.54. The molecule has 11 rings (SSSR count). The van der Waals surface area contributed by atoms with E-state index in [0.717, 1.165) is 44.2 Å². The molecule has 0 saturated carbocycles. The van der Waals surface area contributed by atoms with Gasteiger partial charge >= 0.3 is 0 Å². The molecule has 0 radical (unpaired) electrons. The van der Waals surface area contributed by atoms with Crippen LogP contribution in [0.25, 0.3) is 83.2 Å². The number of nitrogens with zero attached hydrogens (tertiary/aromatic N) is 4. The van der Waals surface area contributed by atoms with E-state index in [4.69, 9.17) is 21.5 Å². The van der Waals surface area contributed by atoms with Gasteiger partial charge in [0.2, 0.25) is 0 Å². The zero-order valence-corrected chi connectivity index (χ0v) is 29.6. The summed E-state index contributed by atoms with van der Waals surface area (Å²) in [6.45, 7) is 7.94. The molecule has 55 heavy (non-hydrogen) atoms. The van der Waals surface area contributed by atoms with Crippen molar-refractivity contribution in [3.05, 3.63) is 216 Å². The highest BCUT2D eigenvalue weighted by atomic mass is 15.0. The van der Waals surface area contributed by atoms with Gasteiger partial charge < -0.3 is 0 Å². The SMILES string of the molecule is [C-]#[N+]c1ccc2c(c1)-c1c(-c3ccc(-c4nc(-c5ccccc5)nc(-c5cccc6ccccc56)n4)cc3)cccc1C21c2ccccc2-c2ccccc21. The summed E-state index contributed by atoms with van der Waals surface area (Å²) in [4.78, 5) is 19.0. The molecule has 1 aromatic heterocycles. The number of rotatable bonds is 4. The van der Waals surface area contributed by atoms with E-state index in [0.29, 0.717) is 23.2 Å². The predicted molar refractivity (Wildman–Crippen MR) is 222 cm³/mol. The van der Waals surface area contributed by atoms with E-state index in [-0.39, 0.29) is 0 Å². The summed E-state index contributed by atoms with van der Waals surface area (Å²) in [5.41, 5.74) is 15.0. The Hall–Kier alpha value is -7.48. The van der Waals surface area contributed by atoms with Crippen molar-refractivity contribution in [2.75, 3.05) is 0 Å². The van der Waals surface area contributed by atoms with Crippen LogP contribution in [-0.2, 0) is 5.41 Å². The van der Waals surface area contributed by atoms with E-state index in [1.54, 1.807) is 0 Å². The first-order valence-electron chi connectivity index (χ1n) is 18.5. The first-order valence-corrected chi connectivity index (χ1v) is 18.5. The van der Waals surface area contributed by atoms with Crippen LogP contribution in [-0.4, -0.2) is 15.0 Å². The van der Waals surface area contributed by atoms with Crippen LogP contribution in [0.2, 0.25) is 0 Å². The van der Waals surface area contributed by atoms with Gasteiger partial charge in [-0.3, -0.25) is 0 Å². The van der Waals surface area contributed by atoms with Gasteiger partial charge in [0.1, 0.15) is 0 Å². The summed E-state index contributed by atoms with van der Waals surface area (Å²) in [5.74, 6) is 1.89. The van der Waals surface area contributed by atoms with Gasteiger partial charge in [0.15, 0.2) is 23.2 Å². The first-order chi connectivity index (χ1) is 27.2. The quantitative estimate of drug-likeness (QED) is 0.172. The van der Waals surface area contributed by atoms with Crippen molar-refractivity contribution in [3.8, 4) is 67.5 Å². The summed E-state index contributed by atoms with van der Waals surface area (Å²) < 4.78 is 0. The molecule has 8 aromatic carbocycles. The fraction of sp³-hybridized carbons (Fsp3) is 0.0196. The monoisotopic (exact) mass is 698 g/mol. The molecule has 254 valence electrons. The summed E-state index contributed by atoms with van der Waals surface area (Å²) in [5, 5.41) is 2.24. The number of aromatic nitrogens is 3. The van der Waals surface area contributed by atoms with E-state index in [9.17, 15) is 0 Å². The molecule has 2 aliphatic rings. The second-order valence-corrected chi connectivity index (χ2v) is 14.2. The van der Waals surface area contributed by atoms with Crippen molar-refractivity contribution in [2.24, 2.45) is 0 Å². The van der Waals surface area contributed by atoms with Gasteiger partial charge in [-0.25, -0.2) is 19.8 Å². The molecule has 9 aromatic rings. The summed E-state index contributed by atoms with van der Waals surface area (Å²) >= 11 is 0. The minimum Gasteiger partial charge on any atom is -0.238 e. The maximum atomic E-state index is 7.94. The van der Waals surface area contributed by atoms with Crippen LogP contribution in [0.15, 0.2) is 182 Å². The van der Waals surface area contributed by atoms with Gasteiger partial charge in [0.05, 0.1) is 12.0 Å². The lowest BCUT2D eigenvalue weighted by Crippen LogP contribution is -2.25. The number of hydrogen-bond acceptors (Lipinski definition) is 3. The van der Waals surface area contributed by atoms with Crippen molar-refractivity contribution in [1.29, 1.82) is 0 Å². The van der Waals surface area contributed by atoms with Crippen molar-refractivity contribution < 1.29 is 0 Å². The first kappa shape index (κ1) is 31.1. The van der Waals surface area contributed by atoms with Crippen LogP contribution >= 0.6 is 0 Å². The van der Waals surface area contributed by atoms with Crippen molar-refractivity contribution in [3.63, 3.8) is 0 Å². The van der Waals surface area contributed by atoms with Crippen LogP contribution in [0.1, 0.15) is 22.3 Å². The second kappa shape index (κ2) is 12.0. The lowest BCUT2D eigenvalue weighted by molar-refractivity contribution is 0.794. The number of fused-ring (bicyclic) bond motifs is 11. The van der Waals surface area contributed by atoms with Crippen molar-refractivity contribution in [2.45, 2.75) is 5.41 Å². The molecular weight excluding hydrogens is 669 g/mol. The fourth-order valence-corrected chi connectivity index (χ4v) is 9.05. The largest absolute Gasteiger partial charge is 0.238 e. The Morgan fingerprint density at radius 2 is 0.909 bits per heavy atom. The zero-order valence-electron chi connectivity index (χ0n) is 29.6. The molecule has 1 heterocycles. The Morgan fingerprint density at radius 3 is 1.65 bits per heavy atom. The van der Waals surface area contributed by atoms with E-state index < -0.39 is 5.41 Å². The second-order valence-electron chi connectivity index (χ2n) is 14.2. The third-order valence-electron chi connectivity index (χ3n) is 11.4. The summed E-state index contributed by atoms with van der Waals surface area (Å²) in [6.07, 6.45) is 0. The van der Waals surface area contributed by atoms with Crippen LogP contribution in [0.5, 0.6) is 0 Å². The molecule has 0 N–H and O–H groups in total. The topological polar surface area (TPSA) is 43.0 Å². The van der Waals surface area contributed by atoms with E-state index in [1.807, 2.05) is 36.4 Å².